The molecule has 18 heavy (non-hydrogen) atoms. The SMILES string of the molecule is CC(C)CCn1cc(N)c(-c2cccc(Cl)c2)n1. The lowest BCUT2D eigenvalue weighted by Gasteiger charge is -2.04. The summed E-state index contributed by atoms with van der Waals surface area (Å²) in [6, 6.07) is 7.60. The van der Waals surface area contributed by atoms with Crippen LogP contribution in [0.3, 0.4) is 0 Å². The van der Waals surface area contributed by atoms with Gasteiger partial charge in [0.25, 0.3) is 0 Å². The molecule has 0 amide bonds. The summed E-state index contributed by atoms with van der Waals surface area (Å²) in [4.78, 5) is 0. The summed E-state index contributed by atoms with van der Waals surface area (Å²) in [6.07, 6.45) is 2.98. The number of aryl methyl sites for hydroxylation is 1. The topological polar surface area (TPSA) is 43.8 Å². The number of benzene rings is 1. The summed E-state index contributed by atoms with van der Waals surface area (Å²) in [6.45, 7) is 5.29. The number of nitrogens with two attached hydrogens (primary N) is 1. The maximum absolute atomic E-state index is 6.00. The van der Waals surface area contributed by atoms with Crippen molar-refractivity contribution in [2.75, 3.05) is 5.73 Å². The number of nitrogen functional groups attached to an aromatic ring is 1. The molecule has 1 heterocycles. The Morgan fingerprint density at radius 2 is 2.17 bits per heavy atom. The molecule has 0 radical (unpaired) electrons. The molecule has 0 atom stereocenters. The molecule has 0 saturated carbocycles. The molecule has 0 unspecified atom stereocenters. The summed E-state index contributed by atoms with van der Waals surface area (Å²) in [7, 11) is 0. The molecular formula is C14H18ClN3. The molecule has 0 aliphatic rings. The van der Waals surface area contributed by atoms with Crippen LogP contribution in [0.2, 0.25) is 5.02 Å². The highest BCUT2D eigenvalue weighted by atomic mass is 35.5. The van der Waals surface area contributed by atoms with Crippen LogP contribution in [-0.4, -0.2) is 9.78 Å². The lowest BCUT2D eigenvalue weighted by atomic mass is 10.1. The Kier molecular flexibility index (Phi) is 3.92. The maximum Gasteiger partial charge on any atom is 0.115 e. The van der Waals surface area contributed by atoms with Crippen molar-refractivity contribution in [1.82, 2.24) is 9.78 Å². The number of nitrogens with zero attached hydrogens (tertiary/aromatic N) is 2. The Morgan fingerprint density at radius 1 is 1.39 bits per heavy atom. The first-order valence-corrected chi connectivity index (χ1v) is 6.53. The molecule has 1 aromatic carbocycles. The van der Waals surface area contributed by atoms with Gasteiger partial charge in [-0.2, -0.15) is 5.10 Å². The van der Waals surface area contributed by atoms with Gasteiger partial charge in [0.15, 0.2) is 0 Å². The lowest BCUT2D eigenvalue weighted by Crippen LogP contribution is -2.02. The zero-order valence-electron chi connectivity index (χ0n) is 10.7. The van der Waals surface area contributed by atoms with Crippen molar-refractivity contribution in [2.45, 2.75) is 26.8 Å². The van der Waals surface area contributed by atoms with Crippen LogP contribution in [0.5, 0.6) is 0 Å². The zero-order chi connectivity index (χ0) is 13.1. The standard InChI is InChI=1S/C14H18ClN3/c1-10(2)6-7-18-9-13(16)14(17-18)11-4-3-5-12(15)8-11/h3-5,8-10H,6-7,16H2,1-2H3. The quantitative estimate of drug-likeness (QED) is 0.911. The van der Waals surface area contributed by atoms with Crippen molar-refractivity contribution in [3.05, 3.63) is 35.5 Å². The predicted octanol–water partition coefficient (Wildman–Crippen LogP) is 3.83. The number of hydrogen-bond acceptors (Lipinski definition) is 2. The molecule has 2 N–H and O–H groups in total. The molecule has 1 aromatic heterocycles. The second-order valence-electron chi connectivity index (χ2n) is 4.89. The summed E-state index contributed by atoms with van der Waals surface area (Å²) >= 11 is 5.98. The number of aromatic nitrogens is 2. The van der Waals surface area contributed by atoms with Crippen LogP contribution < -0.4 is 5.73 Å². The van der Waals surface area contributed by atoms with E-state index < -0.39 is 0 Å². The highest BCUT2D eigenvalue weighted by molar-refractivity contribution is 6.30. The number of halogens is 1. The minimum atomic E-state index is 0.657. The van der Waals surface area contributed by atoms with Gasteiger partial charge in [-0.15, -0.1) is 0 Å². The zero-order valence-corrected chi connectivity index (χ0v) is 11.5. The van der Waals surface area contributed by atoms with Gasteiger partial charge in [0, 0.05) is 23.3 Å². The monoisotopic (exact) mass is 263 g/mol. The highest BCUT2D eigenvalue weighted by Crippen LogP contribution is 2.26. The third-order valence-electron chi connectivity index (χ3n) is 2.82. The first kappa shape index (κ1) is 13.0. The summed E-state index contributed by atoms with van der Waals surface area (Å²) in [5.74, 6) is 0.657. The third-order valence-corrected chi connectivity index (χ3v) is 3.06. The summed E-state index contributed by atoms with van der Waals surface area (Å²) < 4.78 is 1.91. The molecule has 0 aliphatic carbocycles. The normalized spacial score (nSPS) is 11.1. The van der Waals surface area contributed by atoms with Crippen LogP contribution in [0.25, 0.3) is 11.3 Å². The van der Waals surface area contributed by atoms with E-state index in [-0.39, 0.29) is 0 Å². The van der Waals surface area contributed by atoms with Crippen LogP contribution >= 0.6 is 11.6 Å². The van der Waals surface area contributed by atoms with Gasteiger partial charge >= 0.3 is 0 Å². The van der Waals surface area contributed by atoms with Gasteiger partial charge in [-0.1, -0.05) is 37.6 Å². The average Bonchev–Trinajstić information content (AvgIpc) is 2.68. The highest BCUT2D eigenvalue weighted by Gasteiger charge is 2.09. The minimum absolute atomic E-state index is 0.657. The second-order valence-corrected chi connectivity index (χ2v) is 5.33. The smallest absolute Gasteiger partial charge is 0.115 e. The van der Waals surface area contributed by atoms with Crippen LogP contribution in [0, 0.1) is 5.92 Å². The van der Waals surface area contributed by atoms with Crippen molar-refractivity contribution < 1.29 is 0 Å². The van der Waals surface area contributed by atoms with E-state index in [0.717, 1.165) is 24.2 Å². The molecule has 0 aliphatic heterocycles. The molecule has 0 bridgehead atoms. The molecule has 3 nitrogen and oxygen atoms in total. The van der Waals surface area contributed by atoms with E-state index >= 15 is 0 Å². The summed E-state index contributed by atoms with van der Waals surface area (Å²) in [5, 5.41) is 5.22. The minimum Gasteiger partial charge on any atom is -0.396 e. The first-order valence-electron chi connectivity index (χ1n) is 6.15. The Bertz CT molecular complexity index is 532. The van der Waals surface area contributed by atoms with Crippen LogP contribution in [0.4, 0.5) is 5.69 Å². The number of rotatable bonds is 4. The van der Waals surface area contributed by atoms with Gasteiger partial charge in [0.1, 0.15) is 5.69 Å². The van der Waals surface area contributed by atoms with Gasteiger partial charge in [-0.05, 0) is 24.5 Å². The summed E-state index contributed by atoms with van der Waals surface area (Å²) in [5.41, 5.74) is 8.47. The van der Waals surface area contributed by atoms with Crippen LogP contribution in [0.1, 0.15) is 20.3 Å². The third kappa shape index (κ3) is 3.05. The van der Waals surface area contributed by atoms with Crippen molar-refractivity contribution >= 4 is 17.3 Å². The van der Waals surface area contributed by atoms with E-state index in [1.807, 2.05) is 35.1 Å². The molecule has 4 heteroatoms. The van der Waals surface area contributed by atoms with E-state index in [0.29, 0.717) is 16.6 Å². The molecule has 0 saturated heterocycles. The van der Waals surface area contributed by atoms with E-state index in [4.69, 9.17) is 17.3 Å². The molecule has 2 rings (SSSR count). The molecule has 96 valence electrons. The fraction of sp³-hybridized carbons (Fsp3) is 0.357. The van der Waals surface area contributed by atoms with Gasteiger partial charge in [-0.25, -0.2) is 0 Å². The van der Waals surface area contributed by atoms with E-state index in [1.165, 1.54) is 0 Å². The largest absolute Gasteiger partial charge is 0.396 e. The van der Waals surface area contributed by atoms with Crippen molar-refractivity contribution in [2.24, 2.45) is 5.92 Å². The fourth-order valence-electron chi connectivity index (χ4n) is 1.80. The molecule has 2 aromatic rings. The van der Waals surface area contributed by atoms with Gasteiger partial charge in [-0.3, -0.25) is 4.68 Å². The van der Waals surface area contributed by atoms with E-state index in [2.05, 4.69) is 18.9 Å². The molecular weight excluding hydrogens is 246 g/mol. The van der Waals surface area contributed by atoms with Crippen molar-refractivity contribution in [1.29, 1.82) is 0 Å². The average molecular weight is 264 g/mol. The lowest BCUT2D eigenvalue weighted by molar-refractivity contribution is 0.488. The fourth-order valence-corrected chi connectivity index (χ4v) is 1.99. The predicted molar refractivity (Wildman–Crippen MR) is 76.5 cm³/mol. The second kappa shape index (κ2) is 5.44. The number of hydrogen-bond donors (Lipinski definition) is 1. The van der Waals surface area contributed by atoms with Crippen LogP contribution in [0.15, 0.2) is 30.5 Å². The van der Waals surface area contributed by atoms with E-state index in [9.17, 15) is 0 Å². The molecule has 0 fully saturated rings. The molecule has 0 spiro atoms. The van der Waals surface area contributed by atoms with Gasteiger partial charge < -0.3 is 5.73 Å². The van der Waals surface area contributed by atoms with Crippen molar-refractivity contribution in [3.8, 4) is 11.3 Å². The van der Waals surface area contributed by atoms with Gasteiger partial charge in [0.2, 0.25) is 0 Å². The first-order chi connectivity index (χ1) is 8.56. The Hall–Kier alpha value is -1.48. The van der Waals surface area contributed by atoms with Crippen LogP contribution in [-0.2, 0) is 6.54 Å². The van der Waals surface area contributed by atoms with Crippen molar-refractivity contribution in [3.63, 3.8) is 0 Å². The van der Waals surface area contributed by atoms with E-state index in [1.54, 1.807) is 0 Å². The Labute approximate surface area is 113 Å². The van der Waals surface area contributed by atoms with Gasteiger partial charge in [0.05, 0.1) is 5.69 Å². The Morgan fingerprint density at radius 3 is 2.83 bits per heavy atom. The number of anilines is 1. The maximum atomic E-state index is 6.00. The Balaban J connectivity index is 2.24.